The molecule has 1 aliphatic rings. The molecule has 2 N–H and O–H groups in total. The molecular formula is C11H19N3. The Kier molecular flexibility index (Phi) is 2.87. The summed E-state index contributed by atoms with van der Waals surface area (Å²) in [5.74, 6) is 1.93. The second-order valence-corrected chi connectivity index (χ2v) is 4.31. The minimum atomic E-state index is 0.772. The summed E-state index contributed by atoms with van der Waals surface area (Å²) in [5, 5.41) is 3.43. The third-order valence-corrected chi connectivity index (χ3v) is 3.06. The molecule has 0 spiro atoms. The van der Waals surface area contributed by atoms with Crippen LogP contribution in [0.4, 0.5) is 0 Å². The van der Waals surface area contributed by atoms with E-state index in [-0.39, 0.29) is 0 Å². The summed E-state index contributed by atoms with van der Waals surface area (Å²) in [6, 6.07) is 0. The number of aromatic nitrogens is 2. The van der Waals surface area contributed by atoms with Gasteiger partial charge in [-0.05, 0) is 45.7 Å². The van der Waals surface area contributed by atoms with Crippen LogP contribution in [0.5, 0.6) is 0 Å². The lowest BCUT2D eigenvalue weighted by Crippen LogP contribution is -2.31. The zero-order valence-electron chi connectivity index (χ0n) is 9.06. The van der Waals surface area contributed by atoms with Crippen LogP contribution in [0.1, 0.15) is 30.1 Å². The van der Waals surface area contributed by atoms with E-state index in [4.69, 9.17) is 0 Å². The molecule has 3 heteroatoms. The maximum Gasteiger partial charge on any atom is 0.106 e. The molecule has 0 radical (unpaired) electrons. The van der Waals surface area contributed by atoms with E-state index in [0.29, 0.717) is 0 Å². The van der Waals surface area contributed by atoms with E-state index in [9.17, 15) is 0 Å². The van der Waals surface area contributed by atoms with Crippen LogP contribution < -0.4 is 5.32 Å². The Labute approximate surface area is 85.3 Å². The van der Waals surface area contributed by atoms with Crippen molar-refractivity contribution < 1.29 is 0 Å². The van der Waals surface area contributed by atoms with Gasteiger partial charge in [-0.1, -0.05) is 0 Å². The topological polar surface area (TPSA) is 40.7 Å². The molecule has 0 bridgehead atoms. The van der Waals surface area contributed by atoms with E-state index in [1.165, 1.54) is 25.1 Å². The monoisotopic (exact) mass is 193 g/mol. The smallest absolute Gasteiger partial charge is 0.106 e. The highest BCUT2D eigenvalue weighted by Gasteiger charge is 2.15. The first kappa shape index (κ1) is 9.71. The molecule has 1 aliphatic heterocycles. The van der Waals surface area contributed by atoms with E-state index in [1.807, 2.05) is 0 Å². The standard InChI is InChI=1S/C11H19N3/c1-8-9(2)14-11(13-8)6-10-4-3-5-12-7-10/h10,12H,3-7H2,1-2H3,(H,13,14). The third kappa shape index (κ3) is 2.15. The van der Waals surface area contributed by atoms with Gasteiger partial charge in [0.05, 0.1) is 5.69 Å². The lowest BCUT2D eigenvalue weighted by Gasteiger charge is -2.21. The van der Waals surface area contributed by atoms with Crippen molar-refractivity contribution in [2.75, 3.05) is 13.1 Å². The first-order valence-corrected chi connectivity index (χ1v) is 5.48. The number of nitrogens with one attached hydrogen (secondary N) is 2. The molecule has 0 aromatic carbocycles. The van der Waals surface area contributed by atoms with Crippen LogP contribution in [0, 0.1) is 19.8 Å². The number of hydrogen-bond donors (Lipinski definition) is 2. The number of rotatable bonds is 2. The molecular weight excluding hydrogens is 174 g/mol. The number of piperidine rings is 1. The van der Waals surface area contributed by atoms with E-state index in [0.717, 1.165) is 30.4 Å². The normalized spacial score (nSPS) is 22.6. The van der Waals surface area contributed by atoms with Crippen molar-refractivity contribution in [3.63, 3.8) is 0 Å². The molecule has 78 valence electrons. The number of imidazole rings is 1. The largest absolute Gasteiger partial charge is 0.346 e. The summed E-state index contributed by atoms with van der Waals surface area (Å²) >= 11 is 0. The van der Waals surface area contributed by atoms with Gasteiger partial charge in [0.15, 0.2) is 0 Å². The number of aryl methyl sites for hydroxylation is 2. The Morgan fingerprint density at radius 1 is 1.43 bits per heavy atom. The fraction of sp³-hybridized carbons (Fsp3) is 0.727. The SMILES string of the molecule is Cc1nc(CC2CCCNC2)[nH]c1C. The summed E-state index contributed by atoms with van der Waals surface area (Å²) in [6.45, 7) is 6.49. The predicted molar refractivity (Wildman–Crippen MR) is 57.4 cm³/mol. The van der Waals surface area contributed by atoms with Gasteiger partial charge in [-0.15, -0.1) is 0 Å². The summed E-state index contributed by atoms with van der Waals surface area (Å²) in [5.41, 5.74) is 2.35. The maximum absolute atomic E-state index is 4.52. The lowest BCUT2D eigenvalue weighted by atomic mass is 9.96. The van der Waals surface area contributed by atoms with Gasteiger partial charge in [0.25, 0.3) is 0 Å². The molecule has 14 heavy (non-hydrogen) atoms. The van der Waals surface area contributed by atoms with Crippen molar-refractivity contribution >= 4 is 0 Å². The minimum absolute atomic E-state index is 0.772. The maximum atomic E-state index is 4.52. The van der Waals surface area contributed by atoms with Crippen LogP contribution in [0.2, 0.25) is 0 Å². The Morgan fingerprint density at radius 3 is 2.86 bits per heavy atom. The Bertz CT molecular complexity index is 278. The first-order valence-electron chi connectivity index (χ1n) is 5.48. The third-order valence-electron chi connectivity index (χ3n) is 3.06. The van der Waals surface area contributed by atoms with Gasteiger partial charge in [-0.25, -0.2) is 4.98 Å². The van der Waals surface area contributed by atoms with Gasteiger partial charge in [-0.3, -0.25) is 0 Å². The molecule has 1 aromatic rings. The van der Waals surface area contributed by atoms with Gasteiger partial charge in [0.1, 0.15) is 5.82 Å². The van der Waals surface area contributed by atoms with Gasteiger partial charge in [0.2, 0.25) is 0 Å². The molecule has 1 saturated heterocycles. The fourth-order valence-corrected chi connectivity index (χ4v) is 2.09. The first-order chi connectivity index (χ1) is 6.75. The van der Waals surface area contributed by atoms with Crippen LogP contribution in [-0.4, -0.2) is 23.1 Å². The van der Waals surface area contributed by atoms with E-state index in [2.05, 4.69) is 29.1 Å². The molecule has 0 saturated carbocycles. The predicted octanol–water partition coefficient (Wildman–Crippen LogP) is 1.57. The average Bonchev–Trinajstić information content (AvgIpc) is 2.47. The van der Waals surface area contributed by atoms with Gasteiger partial charge >= 0.3 is 0 Å². The molecule has 3 nitrogen and oxygen atoms in total. The summed E-state index contributed by atoms with van der Waals surface area (Å²) in [4.78, 5) is 7.87. The lowest BCUT2D eigenvalue weighted by molar-refractivity contribution is 0.371. The number of aromatic amines is 1. The minimum Gasteiger partial charge on any atom is -0.346 e. The molecule has 1 aromatic heterocycles. The Morgan fingerprint density at radius 2 is 2.29 bits per heavy atom. The van der Waals surface area contributed by atoms with Crippen molar-refractivity contribution in [1.29, 1.82) is 0 Å². The Hall–Kier alpha value is -0.830. The van der Waals surface area contributed by atoms with Crippen molar-refractivity contribution in [2.24, 2.45) is 5.92 Å². The highest BCUT2D eigenvalue weighted by atomic mass is 14.9. The van der Waals surface area contributed by atoms with Crippen LogP contribution in [-0.2, 0) is 6.42 Å². The Balaban J connectivity index is 1.95. The summed E-state index contributed by atoms with van der Waals surface area (Å²) in [6.07, 6.45) is 3.75. The molecule has 0 aliphatic carbocycles. The van der Waals surface area contributed by atoms with Crippen LogP contribution in [0.25, 0.3) is 0 Å². The quantitative estimate of drug-likeness (QED) is 0.748. The molecule has 2 heterocycles. The van der Waals surface area contributed by atoms with Crippen molar-refractivity contribution in [3.05, 3.63) is 17.2 Å². The van der Waals surface area contributed by atoms with Gasteiger partial charge in [0, 0.05) is 12.1 Å². The molecule has 1 atom stereocenters. The van der Waals surface area contributed by atoms with E-state index >= 15 is 0 Å². The van der Waals surface area contributed by atoms with Crippen LogP contribution in [0.15, 0.2) is 0 Å². The second kappa shape index (κ2) is 4.13. The highest BCUT2D eigenvalue weighted by molar-refractivity contribution is 5.11. The van der Waals surface area contributed by atoms with Crippen LogP contribution >= 0.6 is 0 Å². The number of nitrogens with zero attached hydrogens (tertiary/aromatic N) is 1. The fourth-order valence-electron chi connectivity index (χ4n) is 2.09. The van der Waals surface area contributed by atoms with Crippen molar-refractivity contribution in [2.45, 2.75) is 33.1 Å². The summed E-state index contributed by atoms with van der Waals surface area (Å²) in [7, 11) is 0. The number of hydrogen-bond acceptors (Lipinski definition) is 2. The second-order valence-electron chi connectivity index (χ2n) is 4.31. The van der Waals surface area contributed by atoms with Gasteiger partial charge < -0.3 is 10.3 Å². The molecule has 1 fully saturated rings. The highest BCUT2D eigenvalue weighted by Crippen LogP contribution is 2.15. The van der Waals surface area contributed by atoms with Crippen molar-refractivity contribution in [1.82, 2.24) is 15.3 Å². The molecule has 2 rings (SSSR count). The molecule has 0 amide bonds. The van der Waals surface area contributed by atoms with E-state index in [1.54, 1.807) is 0 Å². The zero-order chi connectivity index (χ0) is 9.97. The van der Waals surface area contributed by atoms with Crippen molar-refractivity contribution in [3.8, 4) is 0 Å². The number of H-pyrrole nitrogens is 1. The summed E-state index contributed by atoms with van der Waals surface area (Å²) < 4.78 is 0. The average molecular weight is 193 g/mol. The van der Waals surface area contributed by atoms with E-state index < -0.39 is 0 Å². The zero-order valence-corrected chi connectivity index (χ0v) is 9.06. The molecule has 1 unspecified atom stereocenters. The van der Waals surface area contributed by atoms with Crippen LogP contribution in [0.3, 0.4) is 0 Å². The van der Waals surface area contributed by atoms with Gasteiger partial charge in [-0.2, -0.15) is 0 Å².